The zero-order valence-electron chi connectivity index (χ0n) is 11.8. The average Bonchev–Trinajstić information content (AvgIpc) is 2.34. The summed E-state index contributed by atoms with van der Waals surface area (Å²) in [5.74, 6) is 0. The molecule has 0 aliphatic heterocycles. The molecule has 1 aromatic heterocycles. The summed E-state index contributed by atoms with van der Waals surface area (Å²) in [5.41, 5.74) is 13.2. The first-order valence-electron chi connectivity index (χ1n) is 6.77. The molecule has 1 heterocycles. The number of benzene rings is 1. The molecule has 0 unspecified atom stereocenters. The van der Waals surface area contributed by atoms with E-state index in [0.717, 1.165) is 35.9 Å². The Kier molecular flexibility index (Phi) is 3.55. The summed E-state index contributed by atoms with van der Waals surface area (Å²) >= 11 is 0. The van der Waals surface area contributed by atoms with Crippen LogP contribution in [0, 0.1) is 13.8 Å². The lowest BCUT2D eigenvalue weighted by molar-refractivity contribution is 0.866. The van der Waals surface area contributed by atoms with Crippen molar-refractivity contribution in [2.24, 2.45) is 0 Å². The molecule has 2 nitrogen and oxygen atoms in total. The van der Waals surface area contributed by atoms with Crippen molar-refractivity contribution in [3.8, 4) is 0 Å². The van der Waals surface area contributed by atoms with Gasteiger partial charge in [0.2, 0.25) is 0 Å². The van der Waals surface area contributed by atoms with Gasteiger partial charge in [-0.1, -0.05) is 32.4 Å². The molecular weight excluding hydrogens is 220 g/mol. The minimum absolute atomic E-state index is 0.937. The second-order valence-corrected chi connectivity index (χ2v) is 4.98. The Morgan fingerprint density at radius 1 is 1.11 bits per heavy atom. The van der Waals surface area contributed by atoms with Gasteiger partial charge in [-0.2, -0.15) is 0 Å². The number of aryl methyl sites for hydroxylation is 3. The van der Waals surface area contributed by atoms with E-state index in [1.807, 2.05) is 0 Å². The highest BCUT2D eigenvalue weighted by atomic mass is 14.7. The smallest absolute Gasteiger partial charge is 0.0758 e. The van der Waals surface area contributed by atoms with Crippen LogP contribution in [0.5, 0.6) is 0 Å². The van der Waals surface area contributed by atoms with Gasteiger partial charge in [0, 0.05) is 16.8 Å². The van der Waals surface area contributed by atoms with E-state index in [-0.39, 0.29) is 0 Å². The third kappa shape index (κ3) is 1.96. The van der Waals surface area contributed by atoms with Crippen molar-refractivity contribution in [2.45, 2.75) is 47.0 Å². The third-order valence-corrected chi connectivity index (χ3v) is 3.62. The SMILES string of the molecule is CCCc1nc2c(C)ccc(C)c2c(N)c1CC. The van der Waals surface area contributed by atoms with Gasteiger partial charge in [0.15, 0.2) is 0 Å². The number of pyridine rings is 1. The van der Waals surface area contributed by atoms with Crippen LogP contribution in [-0.4, -0.2) is 4.98 Å². The zero-order valence-corrected chi connectivity index (χ0v) is 11.8. The number of hydrogen-bond donors (Lipinski definition) is 1. The van der Waals surface area contributed by atoms with Crippen molar-refractivity contribution in [1.29, 1.82) is 0 Å². The van der Waals surface area contributed by atoms with E-state index in [9.17, 15) is 0 Å². The summed E-state index contributed by atoms with van der Waals surface area (Å²) in [6.07, 6.45) is 3.07. The van der Waals surface area contributed by atoms with Crippen LogP contribution in [0.4, 0.5) is 5.69 Å². The standard InChI is InChI=1S/C16H22N2/c1-5-7-13-12(6-2)15(17)14-10(3)8-9-11(4)16(14)18-13/h8-9H,5-7H2,1-4H3,(H2,17,18). The number of nitrogen functional groups attached to an aromatic ring is 1. The van der Waals surface area contributed by atoms with Crippen molar-refractivity contribution < 1.29 is 0 Å². The van der Waals surface area contributed by atoms with E-state index in [1.54, 1.807) is 0 Å². The highest BCUT2D eigenvalue weighted by Gasteiger charge is 2.13. The summed E-state index contributed by atoms with van der Waals surface area (Å²) in [7, 11) is 0. The van der Waals surface area contributed by atoms with E-state index >= 15 is 0 Å². The van der Waals surface area contributed by atoms with Crippen LogP contribution in [0.25, 0.3) is 10.9 Å². The maximum Gasteiger partial charge on any atom is 0.0758 e. The van der Waals surface area contributed by atoms with E-state index < -0.39 is 0 Å². The molecule has 0 bridgehead atoms. The van der Waals surface area contributed by atoms with Crippen LogP contribution in [0.15, 0.2) is 12.1 Å². The molecule has 0 amide bonds. The first-order valence-corrected chi connectivity index (χ1v) is 6.77. The number of aromatic nitrogens is 1. The lowest BCUT2D eigenvalue weighted by atomic mass is 9.97. The number of hydrogen-bond acceptors (Lipinski definition) is 2. The van der Waals surface area contributed by atoms with Crippen molar-refractivity contribution in [1.82, 2.24) is 4.98 Å². The van der Waals surface area contributed by atoms with E-state index in [2.05, 4.69) is 39.8 Å². The van der Waals surface area contributed by atoms with Gasteiger partial charge in [-0.25, -0.2) is 0 Å². The van der Waals surface area contributed by atoms with E-state index in [4.69, 9.17) is 10.7 Å². The maximum atomic E-state index is 6.39. The van der Waals surface area contributed by atoms with Crippen molar-refractivity contribution in [3.05, 3.63) is 34.5 Å². The molecule has 0 radical (unpaired) electrons. The van der Waals surface area contributed by atoms with Crippen LogP contribution in [0.1, 0.15) is 42.7 Å². The Morgan fingerprint density at radius 2 is 1.78 bits per heavy atom. The molecule has 1 aromatic carbocycles. The molecule has 0 atom stereocenters. The van der Waals surface area contributed by atoms with Crippen molar-refractivity contribution in [2.75, 3.05) is 5.73 Å². The van der Waals surface area contributed by atoms with Gasteiger partial charge in [-0.3, -0.25) is 4.98 Å². The van der Waals surface area contributed by atoms with E-state index in [0.29, 0.717) is 0 Å². The predicted octanol–water partition coefficient (Wildman–Crippen LogP) is 3.95. The number of anilines is 1. The second-order valence-electron chi connectivity index (χ2n) is 4.98. The molecule has 96 valence electrons. The number of rotatable bonds is 3. The lowest BCUT2D eigenvalue weighted by Gasteiger charge is -2.15. The molecule has 2 heteroatoms. The molecule has 0 aliphatic rings. The van der Waals surface area contributed by atoms with Crippen LogP contribution < -0.4 is 5.73 Å². The van der Waals surface area contributed by atoms with E-state index in [1.165, 1.54) is 22.4 Å². The van der Waals surface area contributed by atoms with Gasteiger partial charge in [0.25, 0.3) is 0 Å². The van der Waals surface area contributed by atoms with Crippen LogP contribution in [-0.2, 0) is 12.8 Å². The molecule has 0 fully saturated rings. The Hall–Kier alpha value is -1.57. The molecular formula is C16H22N2. The monoisotopic (exact) mass is 242 g/mol. The van der Waals surface area contributed by atoms with Gasteiger partial charge in [-0.05, 0) is 43.4 Å². The summed E-state index contributed by atoms with van der Waals surface area (Å²) in [6, 6.07) is 4.26. The second kappa shape index (κ2) is 4.97. The maximum absolute atomic E-state index is 6.39. The Balaban J connectivity index is 2.86. The fourth-order valence-corrected chi connectivity index (χ4v) is 2.63. The summed E-state index contributed by atoms with van der Waals surface area (Å²) in [6.45, 7) is 8.56. The highest BCUT2D eigenvalue weighted by Crippen LogP contribution is 2.31. The topological polar surface area (TPSA) is 38.9 Å². The fourth-order valence-electron chi connectivity index (χ4n) is 2.63. The molecule has 0 saturated carbocycles. The number of nitrogens with two attached hydrogens (primary N) is 1. The van der Waals surface area contributed by atoms with Crippen LogP contribution >= 0.6 is 0 Å². The summed E-state index contributed by atoms with van der Waals surface area (Å²) in [5, 5.41) is 1.15. The largest absolute Gasteiger partial charge is 0.398 e. The van der Waals surface area contributed by atoms with Crippen LogP contribution in [0.3, 0.4) is 0 Å². The first-order chi connectivity index (χ1) is 8.60. The quantitative estimate of drug-likeness (QED) is 0.885. The third-order valence-electron chi connectivity index (χ3n) is 3.62. The highest BCUT2D eigenvalue weighted by molar-refractivity contribution is 5.96. The number of fused-ring (bicyclic) bond motifs is 1. The average molecular weight is 242 g/mol. The Labute approximate surface area is 109 Å². The van der Waals surface area contributed by atoms with Gasteiger partial charge in [0.1, 0.15) is 0 Å². The molecule has 2 aromatic rings. The molecule has 0 saturated heterocycles. The lowest BCUT2D eigenvalue weighted by Crippen LogP contribution is -2.05. The molecule has 18 heavy (non-hydrogen) atoms. The molecule has 0 spiro atoms. The zero-order chi connectivity index (χ0) is 13.3. The first kappa shape index (κ1) is 12.9. The molecule has 0 aliphatic carbocycles. The van der Waals surface area contributed by atoms with Crippen LogP contribution in [0.2, 0.25) is 0 Å². The fraction of sp³-hybridized carbons (Fsp3) is 0.438. The predicted molar refractivity (Wildman–Crippen MR) is 79.0 cm³/mol. The van der Waals surface area contributed by atoms with Crippen molar-refractivity contribution in [3.63, 3.8) is 0 Å². The summed E-state index contributed by atoms with van der Waals surface area (Å²) < 4.78 is 0. The summed E-state index contributed by atoms with van der Waals surface area (Å²) in [4.78, 5) is 4.88. The normalized spacial score (nSPS) is 11.1. The van der Waals surface area contributed by atoms with Gasteiger partial charge in [-0.15, -0.1) is 0 Å². The van der Waals surface area contributed by atoms with Gasteiger partial charge >= 0.3 is 0 Å². The van der Waals surface area contributed by atoms with Gasteiger partial charge in [0.05, 0.1) is 5.52 Å². The minimum atomic E-state index is 0.937. The molecule has 2 rings (SSSR count). The van der Waals surface area contributed by atoms with Crippen molar-refractivity contribution >= 4 is 16.6 Å². The Bertz CT molecular complexity index is 585. The molecule has 2 N–H and O–H groups in total. The minimum Gasteiger partial charge on any atom is -0.398 e. The Morgan fingerprint density at radius 3 is 2.39 bits per heavy atom. The van der Waals surface area contributed by atoms with Gasteiger partial charge < -0.3 is 5.73 Å². The number of nitrogens with zero attached hydrogens (tertiary/aromatic N) is 1.